The molecular formula is C21H28N6OS. The van der Waals surface area contributed by atoms with E-state index in [-0.39, 0.29) is 6.10 Å². The van der Waals surface area contributed by atoms with E-state index in [0.717, 1.165) is 48.3 Å². The van der Waals surface area contributed by atoms with Crippen molar-refractivity contribution in [2.45, 2.75) is 45.8 Å². The highest BCUT2D eigenvalue weighted by atomic mass is 32.2. The molecule has 0 aliphatic carbocycles. The first-order chi connectivity index (χ1) is 14.0. The molecule has 1 aliphatic heterocycles. The summed E-state index contributed by atoms with van der Waals surface area (Å²) in [6, 6.07) is 8.66. The summed E-state index contributed by atoms with van der Waals surface area (Å²) in [7, 11) is 0. The van der Waals surface area contributed by atoms with Crippen LogP contribution >= 0.6 is 11.9 Å². The van der Waals surface area contributed by atoms with Crippen molar-refractivity contribution in [3.05, 3.63) is 30.0 Å². The monoisotopic (exact) mass is 412 g/mol. The highest BCUT2D eigenvalue weighted by Gasteiger charge is 2.24. The number of anilines is 1. The molecule has 8 heteroatoms. The van der Waals surface area contributed by atoms with Crippen molar-refractivity contribution in [1.82, 2.24) is 25.1 Å². The van der Waals surface area contributed by atoms with E-state index in [1.165, 1.54) is 0 Å². The van der Waals surface area contributed by atoms with E-state index in [0.29, 0.717) is 23.4 Å². The molecule has 2 aromatic heterocycles. The fourth-order valence-corrected chi connectivity index (χ4v) is 4.09. The number of H-pyrrole nitrogens is 1. The lowest BCUT2D eigenvalue weighted by Crippen LogP contribution is -2.41. The van der Waals surface area contributed by atoms with E-state index in [9.17, 15) is 0 Å². The van der Waals surface area contributed by atoms with E-state index in [1.54, 1.807) is 11.9 Å². The summed E-state index contributed by atoms with van der Waals surface area (Å²) in [5, 5.41) is 8.26. The van der Waals surface area contributed by atoms with Gasteiger partial charge < -0.3 is 14.4 Å². The number of hydrogen-bond donors (Lipinski definition) is 2. The van der Waals surface area contributed by atoms with Crippen molar-refractivity contribution in [2.24, 2.45) is 0 Å². The Morgan fingerprint density at radius 3 is 2.55 bits per heavy atom. The predicted octanol–water partition coefficient (Wildman–Crippen LogP) is 4.27. The van der Waals surface area contributed by atoms with Gasteiger partial charge in [-0.3, -0.25) is 5.10 Å². The summed E-state index contributed by atoms with van der Waals surface area (Å²) >= 11 is 1.57. The Bertz CT molecular complexity index is 963. The van der Waals surface area contributed by atoms with Crippen molar-refractivity contribution in [3.8, 4) is 17.3 Å². The number of ether oxygens (including phenoxy) is 1. The number of fused-ring (bicyclic) bond motifs is 1. The van der Waals surface area contributed by atoms with Crippen LogP contribution in [0.3, 0.4) is 0 Å². The molecule has 3 heterocycles. The van der Waals surface area contributed by atoms with E-state index in [4.69, 9.17) is 9.72 Å². The zero-order valence-electron chi connectivity index (χ0n) is 17.4. The number of aromatic nitrogens is 4. The molecule has 29 heavy (non-hydrogen) atoms. The highest BCUT2D eigenvalue weighted by molar-refractivity contribution is 7.99. The molecule has 0 unspecified atom stereocenters. The number of aromatic amines is 1. The molecule has 154 valence electrons. The predicted molar refractivity (Wildman–Crippen MR) is 119 cm³/mol. The van der Waals surface area contributed by atoms with Gasteiger partial charge in [0.25, 0.3) is 0 Å². The van der Waals surface area contributed by atoms with Crippen LogP contribution in [0.1, 0.15) is 32.4 Å². The molecule has 7 nitrogen and oxygen atoms in total. The molecular weight excluding hydrogens is 384 g/mol. The first kappa shape index (κ1) is 20.0. The van der Waals surface area contributed by atoms with Crippen molar-refractivity contribution in [3.63, 3.8) is 0 Å². The largest absolute Gasteiger partial charge is 0.474 e. The Hall–Kier alpha value is -2.32. The lowest BCUT2D eigenvalue weighted by Gasteiger charge is -2.34. The molecule has 1 fully saturated rings. The lowest BCUT2D eigenvalue weighted by molar-refractivity contribution is 0.0824. The quantitative estimate of drug-likeness (QED) is 0.585. The maximum Gasteiger partial charge on any atom is 0.228 e. The fourth-order valence-electron chi connectivity index (χ4n) is 3.72. The van der Waals surface area contributed by atoms with E-state index in [2.05, 4.69) is 38.7 Å². The average molecular weight is 413 g/mol. The molecule has 2 N–H and O–H groups in total. The number of aryl methyl sites for hydroxylation is 1. The first-order valence-corrected chi connectivity index (χ1v) is 11.3. The molecule has 1 saturated heterocycles. The van der Waals surface area contributed by atoms with Crippen LogP contribution in [0.2, 0.25) is 0 Å². The van der Waals surface area contributed by atoms with Gasteiger partial charge in [-0.2, -0.15) is 10.1 Å². The van der Waals surface area contributed by atoms with Gasteiger partial charge in [0.05, 0.1) is 0 Å². The minimum absolute atomic E-state index is 0.165. The molecule has 0 radical (unpaired) electrons. The topological polar surface area (TPSA) is 79.0 Å². The molecule has 1 aromatic carbocycles. The molecule has 0 saturated carbocycles. The SMILES string of the molecule is CSNc1ccc(-c2nc(OC3CCN(C(C)C)CC3)c3c(C)[nH]nc3n2)cc1. The van der Waals surface area contributed by atoms with E-state index >= 15 is 0 Å². The number of nitrogens with zero attached hydrogens (tertiary/aromatic N) is 4. The van der Waals surface area contributed by atoms with Crippen molar-refractivity contribution in [1.29, 1.82) is 0 Å². The summed E-state index contributed by atoms with van der Waals surface area (Å²) in [6.07, 6.45) is 4.18. The second kappa shape index (κ2) is 8.59. The summed E-state index contributed by atoms with van der Waals surface area (Å²) in [6.45, 7) is 8.58. The third kappa shape index (κ3) is 4.33. The van der Waals surface area contributed by atoms with Crippen LogP contribution in [0.5, 0.6) is 5.88 Å². The lowest BCUT2D eigenvalue weighted by atomic mass is 10.1. The standard InChI is InChI=1S/C21H28N6OS/c1-13(2)27-11-9-17(10-12-27)28-21-18-14(3)24-25-20(18)22-19(23-21)15-5-7-16(8-6-15)26-29-4/h5-8,13,17,26H,9-12H2,1-4H3,(H,22,23,24,25). The Morgan fingerprint density at radius 1 is 1.17 bits per heavy atom. The zero-order chi connectivity index (χ0) is 20.4. The number of likely N-dealkylation sites (tertiary alicyclic amines) is 1. The highest BCUT2D eigenvalue weighted by Crippen LogP contribution is 2.30. The van der Waals surface area contributed by atoms with Crippen molar-refractivity contribution < 1.29 is 4.74 Å². The van der Waals surface area contributed by atoms with Crippen LogP contribution < -0.4 is 9.46 Å². The van der Waals surface area contributed by atoms with Gasteiger partial charge in [0.15, 0.2) is 11.5 Å². The smallest absolute Gasteiger partial charge is 0.228 e. The van der Waals surface area contributed by atoms with Crippen LogP contribution in [-0.2, 0) is 0 Å². The van der Waals surface area contributed by atoms with Gasteiger partial charge >= 0.3 is 0 Å². The molecule has 0 spiro atoms. The van der Waals surface area contributed by atoms with Crippen LogP contribution in [0.25, 0.3) is 22.4 Å². The van der Waals surface area contributed by atoms with Crippen LogP contribution in [0.4, 0.5) is 5.69 Å². The third-order valence-electron chi connectivity index (χ3n) is 5.41. The van der Waals surface area contributed by atoms with Gasteiger partial charge in [-0.15, -0.1) is 0 Å². The normalized spacial score (nSPS) is 15.9. The van der Waals surface area contributed by atoms with Gasteiger partial charge in [-0.05, 0) is 57.9 Å². The van der Waals surface area contributed by atoms with Crippen LogP contribution in [0, 0.1) is 6.92 Å². The molecule has 1 aliphatic rings. The molecule has 0 bridgehead atoms. The van der Waals surface area contributed by atoms with Gasteiger partial charge in [0, 0.05) is 42.3 Å². The number of rotatable bonds is 6. The third-order valence-corrected chi connectivity index (χ3v) is 5.85. The van der Waals surface area contributed by atoms with Gasteiger partial charge in [0.1, 0.15) is 11.5 Å². The Kier molecular flexibility index (Phi) is 5.91. The second-order valence-corrected chi connectivity index (χ2v) is 8.34. The number of hydrogen-bond acceptors (Lipinski definition) is 7. The number of nitrogens with one attached hydrogen (secondary N) is 2. The summed E-state index contributed by atoms with van der Waals surface area (Å²) in [5.41, 5.74) is 3.57. The maximum atomic E-state index is 6.41. The van der Waals surface area contributed by atoms with Gasteiger partial charge in [-0.1, -0.05) is 11.9 Å². The summed E-state index contributed by atoms with van der Waals surface area (Å²) in [4.78, 5) is 12.0. The van der Waals surface area contributed by atoms with Gasteiger partial charge in [0.2, 0.25) is 5.88 Å². The summed E-state index contributed by atoms with van der Waals surface area (Å²) in [5.74, 6) is 1.26. The Labute approximate surface area is 175 Å². The summed E-state index contributed by atoms with van der Waals surface area (Å²) < 4.78 is 9.63. The Balaban J connectivity index is 1.62. The minimum Gasteiger partial charge on any atom is -0.474 e. The molecule has 0 atom stereocenters. The number of piperidine rings is 1. The maximum absolute atomic E-state index is 6.41. The minimum atomic E-state index is 0.165. The fraction of sp³-hybridized carbons (Fsp3) is 0.476. The average Bonchev–Trinajstić information content (AvgIpc) is 3.10. The number of benzene rings is 1. The first-order valence-electron chi connectivity index (χ1n) is 10.1. The second-order valence-electron chi connectivity index (χ2n) is 7.73. The molecule has 0 amide bonds. The van der Waals surface area contributed by atoms with E-state index < -0.39 is 0 Å². The van der Waals surface area contributed by atoms with Crippen LogP contribution in [-0.4, -0.2) is 56.6 Å². The van der Waals surface area contributed by atoms with Crippen molar-refractivity contribution >= 4 is 28.7 Å². The van der Waals surface area contributed by atoms with Crippen LogP contribution in [0.15, 0.2) is 24.3 Å². The van der Waals surface area contributed by atoms with Crippen molar-refractivity contribution in [2.75, 3.05) is 24.1 Å². The van der Waals surface area contributed by atoms with Gasteiger partial charge in [-0.25, -0.2) is 4.98 Å². The zero-order valence-corrected chi connectivity index (χ0v) is 18.2. The molecule has 3 aromatic rings. The molecule has 4 rings (SSSR count). The van der Waals surface area contributed by atoms with E-state index in [1.807, 2.05) is 37.4 Å². The Morgan fingerprint density at radius 2 is 1.90 bits per heavy atom.